The van der Waals surface area contributed by atoms with Gasteiger partial charge in [0, 0.05) is 24.4 Å². The zero-order valence-electron chi connectivity index (χ0n) is 8.05. The van der Waals surface area contributed by atoms with Crippen molar-refractivity contribution in [3.63, 3.8) is 0 Å². The van der Waals surface area contributed by atoms with Crippen molar-refractivity contribution >= 4 is 23.3 Å². The van der Waals surface area contributed by atoms with Crippen molar-refractivity contribution in [2.45, 2.75) is 10.9 Å². The first-order valence-electron chi connectivity index (χ1n) is 4.56. The normalized spacial score (nSPS) is 10.7. The van der Waals surface area contributed by atoms with Gasteiger partial charge in [-0.15, -0.1) is 0 Å². The van der Waals surface area contributed by atoms with E-state index in [9.17, 15) is 0 Å². The van der Waals surface area contributed by atoms with E-state index in [0.717, 1.165) is 23.2 Å². The molecule has 15 heavy (non-hydrogen) atoms. The molecule has 2 aromatic rings. The molecule has 80 valence electrons. The lowest BCUT2D eigenvalue weighted by Crippen LogP contribution is -2.15. The first kappa shape index (κ1) is 10.7. The second-order valence-corrected chi connectivity index (χ2v) is 4.99. The third-order valence-corrected chi connectivity index (χ3v) is 3.55. The third-order valence-electron chi connectivity index (χ3n) is 1.75. The molecule has 1 N–H and O–H groups in total. The van der Waals surface area contributed by atoms with Crippen LogP contribution < -0.4 is 5.32 Å². The second-order valence-electron chi connectivity index (χ2n) is 2.86. The fraction of sp³-hybridized carbons (Fsp3) is 0.333. The predicted octanol–water partition coefficient (Wildman–Crippen LogP) is 2.01. The quantitative estimate of drug-likeness (QED) is 0.619. The lowest BCUT2D eigenvalue weighted by Gasteiger charge is -2.00. The van der Waals surface area contributed by atoms with Gasteiger partial charge in [0.05, 0.1) is 12.5 Å². The number of nitrogens with zero attached hydrogens (tertiary/aromatic N) is 2. The maximum atomic E-state index is 4.97. The molecule has 0 bridgehead atoms. The molecule has 0 fully saturated rings. The molecule has 2 rings (SSSR count). The summed E-state index contributed by atoms with van der Waals surface area (Å²) in [6.07, 6.45) is 5.03. The van der Waals surface area contributed by atoms with E-state index in [1.807, 2.05) is 6.07 Å². The Hall–Kier alpha value is -0.850. The van der Waals surface area contributed by atoms with Gasteiger partial charge >= 0.3 is 0 Å². The van der Waals surface area contributed by atoms with E-state index in [2.05, 4.69) is 14.7 Å². The van der Waals surface area contributed by atoms with E-state index in [0.29, 0.717) is 0 Å². The molecule has 4 nitrogen and oxygen atoms in total. The van der Waals surface area contributed by atoms with Crippen LogP contribution in [0, 0.1) is 0 Å². The summed E-state index contributed by atoms with van der Waals surface area (Å²) in [4.78, 5) is 4.09. The highest BCUT2D eigenvalue weighted by atomic mass is 32.2. The number of rotatable bonds is 6. The number of hydrogen-bond donors (Lipinski definition) is 1. The smallest absolute Gasteiger partial charge is 0.169 e. The van der Waals surface area contributed by atoms with Crippen LogP contribution >= 0.6 is 23.3 Å². The molecular formula is C9H11N3OS2. The minimum absolute atomic E-state index is 0.854. The molecule has 2 heterocycles. The lowest BCUT2D eigenvalue weighted by molar-refractivity contribution is 0.561. The minimum Gasteiger partial charge on any atom is -0.472 e. The Morgan fingerprint density at radius 3 is 3.27 bits per heavy atom. The van der Waals surface area contributed by atoms with Crippen LogP contribution in [-0.2, 0) is 6.54 Å². The maximum absolute atomic E-state index is 4.97. The molecule has 0 atom stereocenters. The van der Waals surface area contributed by atoms with Crippen LogP contribution in [0.3, 0.4) is 0 Å². The molecule has 0 aromatic carbocycles. The zero-order valence-corrected chi connectivity index (χ0v) is 9.68. The highest BCUT2D eigenvalue weighted by molar-refractivity contribution is 8.00. The Balaban J connectivity index is 1.56. The van der Waals surface area contributed by atoms with Gasteiger partial charge in [0.2, 0.25) is 0 Å². The van der Waals surface area contributed by atoms with E-state index in [1.54, 1.807) is 30.6 Å². The fourth-order valence-corrected chi connectivity index (χ4v) is 2.47. The average Bonchev–Trinajstić information content (AvgIpc) is 2.88. The predicted molar refractivity (Wildman–Crippen MR) is 61.0 cm³/mol. The molecule has 0 unspecified atom stereocenters. The Morgan fingerprint density at radius 2 is 2.53 bits per heavy atom. The summed E-state index contributed by atoms with van der Waals surface area (Å²) < 4.78 is 9.94. The van der Waals surface area contributed by atoms with Crippen molar-refractivity contribution in [2.24, 2.45) is 0 Å². The highest BCUT2D eigenvalue weighted by Gasteiger charge is 1.97. The van der Waals surface area contributed by atoms with Crippen LogP contribution in [-0.4, -0.2) is 21.7 Å². The molecule has 0 aliphatic carbocycles. The molecule has 0 saturated carbocycles. The van der Waals surface area contributed by atoms with Crippen LogP contribution in [0.4, 0.5) is 0 Å². The Kier molecular flexibility index (Phi) is 4.19. The number of nitrogens with one attached hydrogen (secondary N) is 1. The van der Waals surface area contributed by atoms with Crippen LogP contribution in [0.1, 0.15) is 5.56 Å². The molecule has 0 aliphatic heterocycles. The van der Waals surface area contributed by atoms with E-state index >= 15 is 0 Å². The summed E-state index contributed by atoms with van der Waals surface area (Å²) in [5.74, 6) is 1.01. The molecular weight excluding hydrogens is 230 g/mol. The van der Waals surface area contributed by atoms with Gasteiger partial charge in [0.25, 0.3) is 0 Å². The highest BCUT2D eigenvalue weighted by Crippen LogP contribution is 2.16. The average molecular weight is 241 g/mol. The topological polar surface area (TPSA) is 51.0 Å². The van der Waals surface area contributed by atoms with E-state index < -0.39 is 0 Å². The van der Waals surface area contributed by atoms with Gasteiger partial charge in [-0.3, -0.25) is 0 Å². The third kappa shape index (κ3) is 3.65. The van der Waals surface area contributed by atoms with E-state index in [4.69, 9.17) is 4.42 Å². The Bertz CT molecular complexity index is 324. The van der Waals surface area contributed by atoms with Crippen LogP contribution in [0.25, 0.3) is 0 Å². The minimum atomic E-state index is 0.854. The molecule has 0 amide bonds. The maximum Gasteiger partial charge on any atom is 0.169 e. The van der Waals surface area contributed by atoms with Gasteiger partial charge < -0.3 is 9.73 Å². The standard InChI is InChI=1S/C9H11N3OS2/c1-3-13-6-8(1)5-10-2-4-14-9-11-7-12-15-9/h1,3,6-7,10H,2,4-5H2. The van der Waals surface area contributed by atoms with Crippen LogP contribution in [0.2, 0.25) is 0 Å². The fourth-order valence-electron chi connectivity index (χ4n) is 1.06. The number of aromatic nitrogens is 2. The largest absolute Gasteiger partial charge is 0.472 e. The van der Waals surface area contributed by atoms with Crippen molar-refractivity contribution in [3.05, 3.63) is 30.5 Å². The first-order valence-corrected chi connectivity index (χ1v) is 6.32. The van der Waals surface area contributed by atoms with Crippen LogP contribution in [0.5, 0.6) is 0 Å². The SMILES string of the molecule is c1nsc(SCCNCc2ccoc2)n1. The summed E-state index contributed by atoms with van der Waals surface area (Å²) in [6.45, 7) is 1.81. The summed E-state index contributed by atoms with van der Waals surface area (Å²) in [7, 11) is 0. The van der Waals surface area contributed by atoms with Crippen molar-refractivity contribution < 1.29 is 4.42 Å². The molecule has 6 heteroatoms. The zero-order chi connectivity index (χ0) is 10.3. The number of furan rings is 1. The molecule has 0 radical (unpaired) electrons. The van der Waals surface area contributed by atoms with E-state index in [-0.39, 0.29) is 0 Å². The summed E-state index contributed by atoms with van der Waals surface area (Å²) >= 11 is 3.16. The number of hydrogen-bond acceptors (Lipinski definition) is 6. The van der Waals surface area contributed by atoms with Gasteiger partial charge in [-0.05, 0) is 17.6 Å². The van der Waals surface area contributed by atoms with Gasteiger partial charge in [-0.1, -0.05) is 11.8 Å². The Morgan fingerprint density at radius 1 is 1.53 bits per heavy atom. The molecule has 0 saturated heterocycles. The van der Waals surface area contributed by atoms with Gasteiger partial charge in [0.15, 0.2) is 4.34 Å². The van der Waals surface area contributed by atoms with Crippen molar-refractivity contribution in [3.8, 4) is 0 Å². The first-order chi connectivity index (χ1) is 7.45. The van der Waals surface area contributed by atoms with Crippen molar-refractivity contribution in [1.82, 2.24) is 14.7 Å². The molecule has 2 aromatic heterocycles. The summed E-state index contributed by atoms with van der Waals surface area (Å²) in [5, 5.41) is 3.33. The lowest BCUT2D eigenvalue weighted by atomic mass is 10.3. The molecule has 0 aliphatic rings. The van der Waals surface area contributed by atoms with Gasteiger partial charge in [-0.25, -0.2) is 4.98 Å². The second kappa shape index (κ2) is 5.89. The summed E-state index contributed by atoms with van der Waals surface area (Å²) in [6, 6.07) is 1.96. The number of thioether (sulfide) groups is 1. The molecule has 0 spiro atoms. The monoisotopic (exact) mass is 241 g/mol. The van der Waals surface area contributed by atoms with Gasteiger partial charge in [-0.2, -0.15) is 4.37 Å². The van der Waals surface area contributed by atoms with E-state index in [1.165, 1.54) is 17.1 Å². The summed E-state index contributed by atoms with van der Waals surface area (Å²) in [5.41, 5.74) is 1.18. The van der Waals surface area contributed by atoms with Crippen molar-refractivity contribution in [1.29, 1.82) is 0 Å². The van der Waals surface area contributed by atoms with Crippen LogP contribution in [0.15, 0.2) is 33.7 Å². The Labute approximate surface area is 96.3 Å². The van der Waals surface area contributed by atoms with Gasteiger partial charge in [0.1, 0.15) is 6.33 Å². The van der Waals surface area contributed by atoms with Crippen molar-refractivity contribution in [2.75, 3.05) is 12.3 Å².